The maximum Gasteiger partial charge on any atom is 0.138 e. The second kappa shape index (κ2) is 14.9. The number of hydrogen-bond acceptors (Lipinski definition) is 3. The molecule has 0 radical (unpaired) electrons. The normalized spacial score (nSPS) is 17.9. The van der Waals surface area contributed by atoms with E-state index >= 15 is 0 Å². The molecule has 67 heavy (non-hydrogen) atoms. The van der Waals surface area contributed by atoms with Crippen molar-refractivity contribution in [2.45, 2.75) is 32.9 Å². The van der Waals surface area contributed by atoms with E-state index in [1.807, 2.05) is 11.3 Å². The number of benzene rings is 9. The number of aliphatic imine (C=N–C) groups is 1. The standard InChI is InChI=1S/C62H45N3OS/c1-3-42-43(40-29-31-48-47-21-10-15-27-58(47)67-59(48)34-40)30-28-37(2)61(63-62(42)65-53-24-12-6-18-44(53)45-19-7-13-25-54(45)65)51-35-41(36-57-60(51)49-22-9-14-26-56(49)66-57)64-52-23-11-8-20-46(52)50-32-38-16-4-5-17-39(38)33-55(50)64/h4-27,29-37,42,62H,3,28H2,1-2H3/b43-30+,63-61?. The van der Waals surface area contributed by atoms with Gasteiger partial charge in [-0.3, -0.25) is 4.99 Å². The molecule has 1 aliphatic heterocycles. The van der Waals surface area contributed by atoms with Crippen molar-refractivity contribution in [3.8, 4) is 5.69 Å². The molecular weight excluding hydrogens is 835 g/mol. The van der Waals surface area contributed by atoms with Crippen molar-refractivity contribution in [1.29, 1.82) is 0 Å². The van der Waals surface area contributed by atoms with E-state index in [0.29, 0.717) is 0 Å². The minimum atomic E-state index is -0.256. The monoisotopic (exact) mass is 879 g/mol. The van der Waals surface area contributed by atoms with E-state index in [-0.39, 0.29) is 18.0 Å². The van der Waals surface area contributed by atoms with Crippen LogP contribution >= 0.6 is 11.3 Å². The van der Waals surface area contributed by atoms with Crippen molar-refractivity contribution in [3.05, 3.63) is 205 Å². The molecule has 4 aromatic heterocycles. The Bertz CT molecular complexity index is 4180. The van der Waals surface area contributed by atoms with Gasteiger partial charge in [0, 0.05) is 81.7 Å². The minimum Gasteiger partial charge on any atom is -0.456 e. The van der Waals surface area contributed by atoms with Crippen LogP contribution in [-0.2, 0) is 0 Å². The highest BCUT2D eigenvalue weighted by molar-refractivity contribution is 7.25. The summed E-state index contributed by atoms with van der Waals surface area (Å²) in [7, 11) is 0. The number of allylic oxidation sites excluding steroid dienone is 1. The zero-order valence-electron chi connectivity index (χ0n) is 37.3. The number of hydrogen-bond donors (Lipinski definition) is 0. The largest absolute Gasteiger partial charge is 0.456 e. The van der Waals surface area contributed by atoms with Crippen LogP contribution in [0.25, 0.3) is 108 Å². The highest BCUT2D eigenvalue weighted by atomic mass is 32.1. The number of rotatable bonds is 5. The Hall–Kier alpha value is -7.73. The van der Waals surface area contributed by atoms with Crippen molar-refractivity contribution < 1.29 is 4.42 Å². The Morgan fingerprint density at radius 1 is 0.552 bits per heavy atom. The Balaban J connectivity index is 1.05. The van der Waals surface area contributed by atoms with Gasteiger partial charge in [-0.1, -0.05) is 147 Å². The lowest BCUT2D eigenvalue weighted by atomic mass is 9.82. The summed E-state index contributed by atoms with van der Waals surface area (Å²) in [5, 5.41) is 12.3. The topological polar surface area (TPSA) is 35.4 Å². The van der Waals surface area contributed by atoms with Crippen molar-refractivity contribution in [3.63, 3.8) is 0 Å². The van der Waals surface area contributed by atoms with Gasteiger partial charge < -0.3 is 13.6 Å². The summed E-state index contributed by atoms with van der Waals surface area (Å²) in [6, 6.07) is 69.3. The number of fused-ring (bicyclic) bond motifs is 13. The number of para-hydroxylation sites is 4. The summed E-state index contributed by atoms with van der Waals surface area (Å²) in [5.41, 5.74) is 12.4. The highest BCUT2D eigenvalue weighted by Crippen LogP contribution is 2.47. The summed E-state index contributed by atoms with van der Waals surface area (Å²) in [6.07, 6.45) is 4.06. The smallest absolute Gasteiger partial charge is 0.138 e. The van der Waals surface area contributed by atoms with Crippen LogP contribution in [0.4, 0.5) is 0 Å². The molecule has 0 fully saturated rings. The first kappa shape index (κ1) is 38.5. The quantitative estimate of drug-likeness (QED) is 0.170. The van der Waals surface area contributed by atoms with Crippen LogP contribution in [-0.4, -0.2) is 14.8 Å². The molecular formula is C62H45N3OS. The summed E-state index contributed by atoms with van der Waals surface area (Å²) in [4.78, 5) is 6.27. The van der Waals surface area contributed by atoms with E-state index in [1.54, 1.807) is 0 Å². The number of nitrogens with zero attached hydrogens (tertiary/aromatic N) is 3. The van der Waals surface area contributed by atoms with Crippen LogP contribution < -0.4 is 0 Å². The van der Waals surface area contributed by atoms with E-state index < -0.39 is 0 Å². The van der Waals surface area contributed by atoms with E-state index in [9.17, 15) is 0 Å². The van der Waals surface area contributed by atoms with Crippen molar-refractivity contribution in [2.75, 3.05) is 0 Å². The average molecular weight is 880 g/mol. The van der Waals surface area contributed by atoms with Gasteiger partial charge in [0.1, 0.15) is 17.3 Å². The van der Waals surface area contributed by atoms with Gasteiger partial charge in [0.2, 0.25) is 0 Å². The molecule has 3 unspecified atom stereocenters. The van der Waals surface area contributed by atoms with Gasteiger partial charge in [0.25, 0.3) is 0 Å². The van der Waals surface area contributed by atoms with Crippen LogP contribution in [0.1, 0.15) is 44.0 Å². The van der Waals surface area contributed by atoms with Crippen LogP contribution in [0.3, 0.4) is 0 Å². The lowest BCUT2D eigenvalue weighted by Gasteiger charge is -2.33. The zero-order valence-corrected chi connectivity index (χ0v) is 38.1. The first-order valence-electron chi connectivity index (χ1n) is 23.6. The van der Waals surface area contributed by atoms with Gasteiger partial charge in [-0.2, -0.15) is 0 Å². The van der Waals surface area contributed by atoms with Crippen LogP contribution in [0, 0.1) is 11.8 Å². The van der Waals surface area contributed by atoms with Crippen LogP contribution in [0.5, 0.6) is 0 Å². The third-order valence-corrected chi connectivity index (χ3v) is 15.9. The zero-order chi connectivity index (χ0) is 44.3. The fourth-order valence-electron chi connectivity index (χ4n) is 11.7. The summed E-state index contributed by atoms with van der Waals surface area (Å²) < 4.78 is 14.6. The minimum absolute atomic E-state index is 0.0684. The molecule has 0 saturated carbocycles. The number of furan rings is 1. The fraction of sp³-hybridized carbons (Fsp3) is 0.113. The predicted octanol–water partition coefficient (Wildman–Crippen LogP) is 17.4. The summed E-state index contributed by atoms with van der Waals surface area (Å²) in [5.74, 6) is 0.143. The maximum atomic E-state index is 6.91. The molecule has 0 N–H and O–H groups in total. The van der Waals surface area contributed by atoms with Crippen molar-refractivity contribution in [2.24, 2.45) is 16.8 Å². The molecule has 5 heterocycles. The maximum absolute atomic E-state index is 6.91. The molecule has 0 saturated heterocycles. The lowest BCUT2D eigenvalue weighted by molar-refractivity contribution is 0.415. The molecule has 3 atom stereocenters. The molecule has 0 amide bonds. The van der Waals surface area contributed by atoms with E-state index in [1.165, 1.54) is 85.7 Å². The van der Waals surface area contributed by atoms with Gasteiger partial charge in [-0.25, -0.2) is 0 Å². The molecule has 4 nitrogen and oxygen atoms in total. The molecule has 1 aliphatic rings. The Morgan fingerprint density at radius 2 is 1.18 bits per heavy atom. The first-order valence-corrected chi connectivity index (χ1v) is 24.5. The molecule has 0 aliphatic carbocycles. The van der Waals surface area contributed by atoms with Gasteiger partial charge in [0.15, 0.2) is 0 Å². The third kappa shape index (κ3) is 5.81. The summed E-state index contributed by atoms with van der Waals surface area (Å²) >= 11 is 1.89. The third-order valence-electron chi connectivity index (χ3n) is 14.8. The number of thiophene rings is 1. The second-order valence-corrected chi connectivity index (χ2v) is 19.6. The van der Waals surface area contributed by atoms with Gasteiger partial charge in [-0.05, 0) is 89.3 Å². The lowest BCUT2D eigenvalue weighted by Crippen LogP contribution is -2.25. The highest BCUT2D eigenvalue weighted by Gasteiger charge is 2.33. The van der Waals surface area contributed by atoms with Crippen molar-refractivity contribution >= 4 is 119 Å². The molecule has 0 bridgehead atoms. The number of aromatic nitrogens is 2. The van der Waals surface area contributed by atoms with Crippen LogP contribution in [0.15, 0.2) is 204 Å². The molecule has 0 spiro atoms. The Kier molecular flexibility index (Phi) is 8.57. The van der Waals surface area contributed by atoms with Crippen molar-refractivity contribution in [1.82, 2.24) is 9.13 Å². The molecule has 14 rings (SSSR count). The fourth-order valence-corrected chi connectivity index (χ4v) is 12.8. The van der Waals surface area contributed by atoms with E-state index in [4.69, 9.17) is 9.41 Å². The van der Waals surface area contributed by atoms with E-state index in [0.717, 1.165) is 51.7 Å². The molecule has 9 aromatic carbocycles. The predicted molar refractivity (Wildman–Crippen MR) is 285 cm³/mol. The van der Waals surface area contributed by atoms with Gasteiger partial charge in [-0.15, -0.1) is 11.3 Å². The Labute approximate surface area is 391 Å². The molecule has 320 valence electrons. The van der Waals surface area contributed by atoms with Gasteiger partial charge >= 0.3 is 0 Å². The van der Waals surface area contributed by atoms with E-state index in [2.05, 4.69) is 217 Å². The summed E-state index contributed by atoms with van der Waals surface area (Å²) in [6.45, 7) is 4.73. The molecule has 13 aromatic rings. The molecule has 5 heteroatoms. The Morgan fingerprint density at radius 3 is 1.94 bits per heavy atom. The average Bonchev–Trinajstić information content (AvgIpc) is 4.12. The first-order chi connectivity index (χ1) is 33.1. The second-order valence-electron chi connectivity index (χ2n) is 18.5. The van der Waals surface area contributed by atoms with Gasteiger partial charge in [0.05, 0.1) is 27.8 Å². The SMILES string of the molecule is CCC1/C(c2ccc3c(c2)sc2ccccc23)=C/CC(C)C(c2cc(-n3c4ccccc4c4cc5ccccc5cc43)cc3oc4ccccc4c23)=NC1n1c2ccccc2c2ccccc21. The van der Waals surface area contributed by atoms with Crippen LogP contribution in [0.2, 0.25) is 0 Å².